The molecule has 3 N–H and O–H groups in total. The van der Waals surface area contributed by atoms with Crippen LogP contribution in [0.2, 0.25) is 0 Å². The summed E-state index contributed by atoms with van der Waals surface area (Å²) in [4.78, 5) is 40.5. The van der Waals surface area contributed by atoms with Crippen LogP contribution in [0.25, 0.3) is 0 Å². The number of amides is 1. The predicted octanol–water partition coefficient (Wildman–Crippen LogP) is 3.78. The summed E-state index contributed by atoms with van der Waals surface area (Å²) < 4.78 is 43.1. The molecule has 3 heterocycles. The molecule has 0 bridgehead atoms. The van der Waals surface area contributed by atoms with Crippen molar-refractivity contribution < 1.29 is 47.2 Å². The molecule has 3 aromatic rings. The van der Waals surface area contributed by atoms with Gasteiger partial charge < -0.3 is 29.9 Å². The molecular formula is C26H26F3N3O7S. The monoisotopic (exact) mass is 581 g/mol. The molecule has 1 atom stereocenters. The average Bonchev–Trinajstić information content (AvgIpc) is 3.36. The second-order valence-corrected chi connectivity index (χ2v) is 9.66. The molecule has 0 aliphatic carbocycles. The minimum absolute atomic E-state index is 0.0457. The van der Waals surface area contributed by atoms with E-state index in [1.54, 1.807) is 53.9 Å². The minimum atomic E-state index is -5.08. The second kappa shape index (κ2) is 13.8. The maximum absolute atomic E-state index is 13.2. The van der Waals surface area contributed by atoms with E-state index in [0.717, 1.165) is 30.0 Å². The number of likely N-dealkylation sites (N-methyl/N-ethyl adjacent to an activating group) is 1. The van der Waals surface area contributed by atoms with Gasteiger partial charge in [0, 0.05) is 31.2 Å². The molecule has 0 saturated heterocycles. The summed E-state index contributed by atoms with van der Waals surface area (Å²) in [5.74, 6) is -2.80. The quantitative estimate of drug-likeness (QED) is 0.345. The number of nitrogens with zero attached hydrogens (tertiary/aromatic N) is 2. The Morgan fingerprint density at radius 3 is 2.42 bits per heavy atom. The fourth-order valence-electron chi connectivity index (χ4n) is 3.59. The highest BCUT2D eigenvalue weighted by Gasteiger charge is 2.38. The van der Waals surface area contributed by atoms with E-state index in [4.69, 9.17) is 24.5 Å². The maximum Gasteiger partial charge on any atom is 0.490 e. The lowest BCUT2D eigenvalue weighted by Gasteiger charge is -2.25. The molecule has 1 unspecified atom stereocenters. The minimum Gasteiger partial charge on any atom is -0.482 e. The van der Waals surface area contributed by atoms with Crippen molar-refractivity contribution in [1.29, 1.82) is 0 Å². The van der Waals surface area contributed by atoms with Crippen LogP contribution in [-0.2, 0) is 22.6 Å². The number of thiophene rings is 1. The van der Waals surface area contributed by atoms with Crippen LogP contribution in [0.1, 0.15) is 31.8 Å². The summed E-state index contributed by atoms with van der Waals surface area (Å²) in [6, 6.07) is 12.6. The standard InChI is InChI=1S/C24H25N3O5S.C2HF3O2/c1-27(24(30)22-11-17-12-26-10-8-21(17)33-22)14-20(32-19-3-2-9-25-13-19)16-4-6-18(7-5-16)31-15-23(28)29;3-2(4,5)1(6)7/h2-7,9,11,13,20,26H,8,10,12,14-15H2,1H3,(H,28,29);(H,6,7). The fraction of sp³-hybridized carbons (Fsp3) is 0.308. The molecule has 10 nitrogen and oxygen atoms in total. The number of pyridine rings is 1. The van der Waals surface area contributed by atoms with Gasteiger partial charge in [-0.3, -0.25) is 9.78 Å². The van der Waals surface area contributed by atoms with Gasteiger partial charge in [0.2, 0.25) is 0 Å². The Labute approximate surface area is 231 Å². The molecule has 0 fully saturated rings. The summed E-state index contributed by atoms with van der Waals surface area (Å²) in [5, 5.41) is 19.3. The van der Waals surface area contributed by atoms with Gasteiger partial charge in [0.05, 0.1) is 17.6 Å². The van der Waals surface area contributed by atoms with E-state index < -0.39 is 30.8 Å². The third-order valence-electron chi connectivity index (χ3n) is 5.51. The molecule has 2 aromatic heterocycles. The average molecular weight is 582 g/mol. The first-order chi connectivity index (χ1) is 18.9. The first kappa shape index (κ1) is 30.4. The number of hydrogen-bond donors (Lipinski definition) is 3. The summed E-state index contributed by atoms with van der Waals surface area (Å²) in [6.07, 6.45) is -1.30. The molecule has 14 heteroatoms. The Balaban J connectivity index is 0.000000559. The molecule has 0 spiro atoms. The number of carbonyl (C=O) groups is 3. The predicted molar refractivity (Wildman–Crippen MR) is 138 cm³/mol. The normalized spacial score (nSPS) is 13.2. The molecule has 40 heavy (non-hydrogen) atoms. The lowest BCUT2D eigenvalue weighted by atomic mass is 10.1. The van der Waals surface area contributed by atoms with E-state index in [0.29, 0.717) is 18.0 Å². The molecule has 214 valence electrons. The maximum atomic E-state index is 13.2. The van der Waals surface area contributed by atoms with Crippen LogP contribution in [0.5, 0.6) is 11.5 Å². The number of benzene rings is 1. The zero-order valence-corrected chi connectivity index (χ0v) is 22.0. The SMILES string of the molecule is CN(CC(Oc1cccnc1)c1ccc(OCC(=O)O)cc1)C(=O)c1cc2c(s1)CCNC2.O=C(O)C(F)(F)F. The number of fused-ring (bicyclic) bond motifs is 1. The Kier molecular flexibility index (Phi) is 10.4. The van der Waals surface area contributed by atoms with Gasteiger partial charge in [0.25, 0.3) is 5.91 Å². The number of hydrogen-bond acceptors (Lipinski definition) is 8. The summed E-state index contributed by atoms with van der Waals surface area (Å²) >= 11 is 1.56. The summed E-state index contributed by atoms with van der Waals surface area (Å²) in [7, 11) is 1.77. The van der Waals surface area contributed by atoms with Crippen molar-refractivity contribution in [3.05, 3.63) is 75.7 Å². The first-order valence-corrected chi connectivity index (χ1v) is 12.6. The largest absolute Gasteiger partial charge is 0.490 e. The number of aliphatic carboxylic acids is 2. The highest BCUT2D eigenvalue weighted by atomic mass is 32.1. The number of carboxylic acid groups (broad SMARTS) is 2. The van der Waals surface area contributed by atoms with Crippen LogP contribution in [-0.4, -0.2) is 70.9 Å². The molecule has 1 aliphatic heterocycles. The van der Waals surface area contributed by atoms with Crippen LogP contribution in [0.4, 0.5) is 13.2 Å². The fourth-order valence-corrected chi connectivity index (χ4v) is 4.77. The van der Waals surface area contributed by atoms with Gasteiger partial charge in [-0.25, -0.2) is 9.59 Å². The lowest BCUT2D eigenvalue weighted by molar-refractivity contribution is -0.192. The van der Waals surface area contributed by atoms with Gasteiger partial charge >= 0.3 is 18.1 Å². The van der Waals surface area contributed by atoms with Crippen LogP contribution < -0.4 is 14.8 Å². The van der Waals surface area contributed by atoms with E-state index in [-0.39, 0.29) is 5.91 Å². The summed E-state index contributed by atoms with van der Waals surface area (Å²) in [5.41, 5.74) is 2.03. The lowest BCUT2D eigenvalue weighted by Crippen LogP contribution is -2.32. The highest BCUT2D eigenvalue weighted by Crippen LogP contribution is 2.28. The van der Waals surface area contributed by atoms with E-state index in [1.807, 2.05) is 24.3 Å². The van der Waals surface area contributed by atoms with E-state index >= 15 is 0 Å². The smallest absolute Gasteiger partial charge is 0.482 e. The third kappa shape index (κ3) is 8.95. The highest BCUT2D eigenvalue weighted by molar-refractivity contribution is 7.14. The third-order valence-corrected chi connectivity index (χ3v) is 6.73. The van der Waals surface area contributed by atoms with Crippen molar-refractivity contribution in [3.63, 3.8) is 0 Å². The van der Waals surface area contributed by atoms with Crippen molar-refractivity contribution in [2.75, 3.05) is 26.7 Å². The van der Waals surface area contributed by atoms with Gasteiger partial charge in [0.1, 0.15) is 17.6 Å². The molecular weight excluding hydrogens is 555 g/mol. The Bertz CT molecular complexity index is 1280. The van der Waals surface area contributed by atoms with Crippen LogP contribution in [0, 0.1) is 0 Å². The van der Waals surface area contributed by atoms with Crippen molar-refractivity contribution in [2.24, 2.45) is 0 Å². The zero-order chi connectivity index (χ0) is 29.3. The van der Waals surface area contributed by atoms with Crippen LogP contribution in [0.15, 0.2) is 54.9 Å². The molecule has 1 aliphatic rings. The number of carbonyl (C=O) groups excluding carboxylic acids is 1. The topological polar surface area (TPSA) is 138 Å². The van der Waals surface area contributed by atoms with Gasteiger partial charge in [-0.1, -0.05) is 12.1 Å². The summed E-state index contributed by atoms with van der Waals surface area (Å²) in [6.45, 7) is 1.65. The van der Waals surface area contributed by atoms with E-state index in [2.05, 4.69) is 10.3 Å². The first-order valence-electron chi connectivity index (χ1n) is 11.8. The van der Waals surface area contributed by atoms with E-state index in [1.165, 1.54) is 10.4 Å². The molecule has 0 saturated carbocycles. The van der Waals surface area contributed by atoms with Crippen molar-refractivity contribution in [1.82, 2.24) is 15.2 Å². The molecule has 1 amide bonds. The molecule has 4 rings (SSSR count). The van der Waals surface area contributed by atoms with Crippen molar-refractivity contribution in [3.8, 4) is 11.5 Å². The number of rotatable bonds is 9. The van der Waals surface area contributed by atoms with Gasteiger partial charge in [-0.2, -0.15) is 13.2 Å². The zero-order valence-electron chi connectivity index (χ0n) is 21.2. The number of nitrogens with one attached hydrogen (secondary N) is 1. The van der Waals surface area contributed by atoms with Crippen molar-refractivity contribution >= 4 is 29.2 Å². The van der Waals surface area contributed by atoms with Gasteiger partial charge in [-0.15, -0.1) is 11.3 Å². The molecule has 0 radical (unpaired) electrons. The molecule has 1 aromatic carbocycles. The van der Waals surface area contributed by atoms with E-state index in [9.17, 15) is 22.8 Å². The Morgan fingerprint density at radius 1 is 1.15 bits per heavy atom. The Morgan fingerprint density at radius 2 is 1.85 bits per heavy atom. The number of ether oxygens (including phenoxy) is 2. The number of alkyl halides is 3. The van der Waals surface area contributed by atoms with Gasteiger partial charge in [0.15, 0.2) is 6.61 Å². The number of halogens is 3. The van der Waals surface area contributed by atoms with Crippen LogP contribution in [0.3, 0.4) is 0 Å². The second-order valence-electron chi connectivity index (χ2n) is 8.52. The van der Waals surface area contributed by atoms with Gasteiger partial charge in [-0.05, 0) is 47.9 Å². The number of carboxylic acids is 2. The van der Waals surface area contributed by atoms with Crippen molar-refractivity contribution in [2.45, 2.75) is 25.2 Å². The van der Waals surface area contributed by atoms with Crippen LogP contribution >= 0.6 is 11.3 Å². The number of aromatic nitrogens is 1. The Hall–Kier alpha value is -4.17.